The predicted molar refractivity (Wildman–Crippen MR) is 134 cm³/mol. The number of rotatable bonds is 9. The number of ether oxygens (including phenoxy) is 1. The Kier molecular flexibility index (Phi) is 7.69. The molecule has 0 spiro atoms. The number of nitrogens with one attached hydrogen (secondary N) is 1. The highest BCUT2D eigenvalue weighted by molar-refractivity contribution is 7.98. The van der Waals surface area contributed by atoms with Crippen LogP contribution in [0.25, 0.3) is 5.69 Å². The SMILES string of the molecule is COc1cccc(CSc2nnc(CNC(=O)Cc3cccs3)n2-c2cc(Cl)ccc2C)c1. The molecule has 1 amide bonds. The zero-order chi connectivity index (χ0) is 23.2. The molecule has 6 nitrogen and oxygen atoms in total. The number of carbonyl (C=O) groups is 1. The van der Waals surface area contributed by atoms with Gasteiger partial charge in [-0.05, 0) is 53.8 Å². The van der Waals surface area contributed by atoms with Crippen LogP contribution in [0.4, 0.5) is 0 Å². The topological polar surface area (TPSA) is 69.0 Å². The van der Waals surface area contributed by atoms with Crippen LogP contribution in [0.1, 0.15) is 21.8 Å². The minimum Gasteiger partial charge on any atom is -0.497 e. The first-order chi connectivity index (χ1) is 16.0. The zero-order valence-electron chi connectivity index (χ0n) is 18.2. The molecule has 0 aliphatic rings. The van der Waals surface area contributed by atoms with Gasteiger partial charge in [-0.25, -0.2) is 0 Å². The molecule has 1 N–H and O–H groups in total. The Hall–Kier alpha value is -2.81. The number of aryl methyl sites for hydroxylation is 1. The second-order valence-corrected chi connectivity index (χ2v) is 9.75. The summed E-state index contributed by atoms with van der Waals surface area (Å²) in [6, 6.07) is 17.6. The summed E-state index contributed by atoms with van der Waals surface area (Å²) < 4.78 is 7.30. The number of hydrogen-bond donors (Lipinski definition) is 1. The fourth-order valence-corrected chi connectivity index (χ4v) is 5.07. The molecule has 2 heterocycles. The molecule has 33 heavy (non-hydrogen) atoms. The van der Waals surface area contributed by atoms with Crippen LogP contribution in [0.15, 0.2) is 65.1 Å². The van der Waals surface area contributed by atoms with Crippen molar-refractivity contribution in [2.24, 2.45) is 0 Å². The van der Waals surface area contributed by atoms with E-state index in [9.17, 15) is 4.79 Å². The molecule has 4 rings (SSSR count). The van der Waals surface area contributed by atoms with Crippen molar-refractivity contribution in [3.8, 4) is 11.4 Å². The van der Waals surface area contributed by atoms with Gasteiger partial charge < -0.3 is 10.1 Å². The standard InChI is InChI=1S/C24H23ClN4O2S2/c1-16-8-9-18(25)12-21(16)29-22(14-26-23(30)13-20-7-4-10-32-20)27-28-24(29)33-15-17-5-3-6-19(11-17)31-2/h3-12H,13-15H2,1-2H3,(H,26,30). The maximum atomic E-state index is 12.4. The maximum absolute atomic E-state index is 12.4. The van der Waals surface area contributed by atoms with Crippen molar-refractivity contribution in [1.29, 1.82) is 0 Å². The minimum atomic E-state index is -0.0552. The van der Waals surface area contributed by atoms with E-state index in [0.717, 1.165) is 32.6 Å². The van der Waals surface area contributed by atoms with Gasteiger partial charge in [-0.2, -0.15) is 0 Å². The van der Waals surface area contributed by atoms with Gasteiger partial charge in [0.2, 0.25) is 5.91 Å². The number of amides is 1. The average molecular weight is 499 g/mol. The Morgan fingerprint density at radius 3 is 2.85 bits per heavy atom. The van der Waals surface area contributed by atoms with Crippen molar-refractivity contribution >= 4 is 40.6 Å². The van der Waals surface area contributed by atoms with Crippen LogP contribution in [-0.2, 0) is 23.5 Å². The van der Waals surface area contributed by atoms with Gasteiger partial charge in [0.25, 0.3) is 0 Å². The lowest BCUT2D eigenvalue weighted by molar-refractivity contribution is -0.120. The number of aromatic nitrogens is 3. The highest BCUT2D eigenvalue weighted by Gasteiger charge is 2.18. The molecule has 0 fully saturated rings. The van der Waals surface area contributed by atoms with E-state index in [4.69, 9.17) is 16.3 Å². The van der Waals surface area contributed by atoms with Gasteiger partial charge in [0.15, 0.2) is 11.0 Å². The average Bonchev–Trinajstić information content (AvgIpc) is 3.47. The van der Waals surface area contributed by atoms with Crippen LogP contribution in [0, 0.1) is 6.92 Å². The first-order valence-electron chi connectivity index (χ1n) is 10.3. The lowest BCUT2D eigenvalue weighted by Crippen LogP contribution is -2.26. The van der Waals surface area contributed by atoms with Crippen molar-refractivity contribution in [1.82, 2.24) is 20.1 Å². The van der Waals surface area contributed by atoms with Crippen LogP contribution in [0.2, 0.25) is 5.02 Å². The molecule has 0 aliphatic carbocycles. The van der Waals surface area contributed by atoms with Gasteiger partial charge in [0, 0.05) is 15.7 Å². The van der Waals surface area contributed by atoms with E-state index in [1.165, 1.54) is 0 Å². The van der Waals surface area contributed by atoms with Gasteiger partial charge in [-0.1, -0.05) is 47.6 Å². The van der Waals surface area contributed by atoms with Crippen molar-refractivity contribution in [3.63, 3.8) is 0 Å². The van der Waals surface area contributed by atoms with Crippen LogP contribution in [0.5, 0.6) is 5.75 Å². The van der Waals surface area contributed by atoms with E-state index in [2.05, 4.69) is 15.5 Å². The molecule has 2 aromatic heterocycles. The number of halogens is 1. The van der Waals surface area contributed by atoms with Gasteiger partial charge in [-0.3, -0.25) is 9.36 Å². The van der Waals surface area contributed by atoms with Crippen LogP contribution >= 0.6 is 34.7 Å². The van der Waals surface area contributed by atoms with Gasteiger partial charge in [-0.15, -0.1) is 21.5 Å². The Morgan fingerprint density at radius 2 is 2.06 bits per heavy atom. The van der Waals surface area contributed by atoms with Crippen molar-refractivity contribution in [2.75, 3.05) is 7.11 Å². The third kappa shape index (κ3) is 5.96. The smallest absolute Gasteiger partial charge is 0.225 e. The number of thiophene rings is 1. The van der Waals surface area contributed by atoms with Crippen LogP contribution in [-0.4, -0.2) is 27.8 Å². The summed E-state index contributed by atoms with van der Waals surface area (Å²) in [6.07, 6.45) is 0.347. The second-order valence-electron chi connectivity index (χ2n) is 7.34. The monoisotopic (exact) mass is 498 g/mol. The lowest BCUT2D eigenvalue weighted by atomic mass is 10.2. The molecule has 0 bridgehead atoms. The number of thioether (sulfide) groups is 1. The molecule has 0 radical (unpaired) electrons. The van der Waals surface area contributed by atoms with Gasteiger partial charge in [0.05, 0.1) is 25.8 Å². The first-order valence-corrected chi connectivity index (χ1v) is 12.5. The Bertz CT molecular complexity index is 1240. The molecular weight excluding hydrogens is 476 g/mol. The fourth-order valence-electron chi connectivity index (χ4n) is 3.30. The van der Waals surface area contributed by atoms with E-state index < -0.39 is 0 Å². The third-order valence-corrected chi connectivity index (χ3v) is 7.08. The second kappa shape index (κ2) is 10.9. The summed E-state index contributed by atoms with van der Waals surface area (Å²) in [6.45, 7) is 2.28. The van der Waals surface area contributed by atoms with Crippen molar-refractivity contribution in [2.45, 2.75) is 30.8 Å². The summed E-state index contributed by atoms with van der Waals surface area (Å²) in [4.78, 5) is 13.5. The molecule has 9 heteroatoms. The lowest BCUT2D eigenvalue weighted by Gasteiger charge is -2.14. The summed E-state index contributed by atoms with van der Waals surface area (Å²) in [5.41, 5.74) is 3.04. The number of methoxy groups -OCH3 is 1. The molecule has 0 atom stereocenters. The van der Waals surface area contributed by atoms with Crippen LogP contribution < -0.4 is 10.1 Å². The molecule has 0 saturated heterocycles. The molecule has 0 saturated carbocycles. The highest BCUT2D eigenvalue weighted by atomic mass is 35.5. The Balaban J connectivity index is 1.57. The Morgan fingerprint density at radius 1 is 1.18 bits per heavy atom. The quantitative estimate of drug-likeness (QED) is 0.311. The molecular formula is C24H23ClN4O2S2. The van der Waals surface area contributed by atoms with Crippen molar-refractivity contribution in [3.05, 3.63) is 86.8 Å². The van der Waals surface area contributed by atoms with Gasteiger partial charge in [0.1, 0.15) is 5.75 Å². The van der Waals surface area contributed by atoms with E-state index in [-0.39, 0.29) is 12.5 Å². The largest absolute Gasteiger partial charge is 0.497 e. The Labute approximate surface area is 206 Å². The molecule has 2 aromatic carbocycles. The molecule has 170 valence electrons. The summed E-state index contributed by atoms with van der Waals surface area (Å²) in [5.74, 6) is 2.10. The first kappa shape index (κ1) is 23.4. The minimum absolute atomic E-state index is 0.0552. The summed E-state index contributed by atoms with van der Waals surface area (Å²) >= 11 is 9.44. The number of nitrogens with zero attached hydrogens (tertiary/aromatic N) is 3. The van der Waals surface area contributed by atoms with Gasteiger partial charge >= 0.3 is 0 Å². The van der Waals surface area contributed by atoms with E-state index >= 15 is 0 Å². The third-order valence-electron chi connectivity index (χ3n) is 4.97. The molecule has 0 unspecified atom stereocenters. The summed E-state index contributed by atoms with van der Waals surface area (Å²) in [7, 11) is 1.66. The predicted octanol–water partition coefficient (Wildman–Crippen LogP) is 5.45. The summed E-state index contributed by atoms with van der Waals surface area (Å²) in [5, 5.41) is 15.1. The number of carbonyl (C=O) groups excluding carboxylic acids is 1. The van der Waals surface area contributed by atoms with E-state index in [0.29, 0.717) is 23.0 Å². The van der Waals surface area contributed by atoms with E-state index in [1.54, 1.807) is 30.2 Å². The van der Waals surface area contributed by atoms with Crippen molar-refractivity contribution < 1.29 is 9.53 Å². The molecule has 4 aromatic rings. The number of benzene rings is 2. The maximum Gasteiger partial charge on any atom is 0.225 e. The zero-order valence-corrected chi connectivity index (χ0v) is 20.6. The number of hydrogen-bond acceptors (Lipinski definition) is 6. The normalized spacial score (nSPS) is 10.9. The van der Waals surface area contributed by atoms with E-state index in [1.807, 2.05) is 71.5 Å². The fraction of sp³-hybridized carbons (Fsp3) is 0.208. The molecule has 0 aliphatic heterocycles. The van der Waals surface area contributed by atoms with Crippen LogP contribution in [0.3, 0.4) is 0 Å². The highest BCUT2D eigenvalue weighted by Crippen LogP contribution is 2.29.